The Balaban J connectivity index is 3.06. The second-order valence-corrected chi connectivity index (χ2v) is 2.65. The van der Waals surface area contributed by atoms with Crippen LogP contribution in [0.2, 0.25) is 10.3 Å². The van der Waals surface area contributed by atoms with Crippen LogP contribution in [0.3, 0.4) is 0 Å². The first kappa shape index (κ1) is 7.79. The molecule has 0 aromatic carbocycles. The third-order valence-corrected chi connectivity index (χ3v) is 1.50. The molecule has 54 valence electrons. The van der Waals surface area contributed by atoms with E-state index >= 15 is 0 Å². The lowest BCUT2D eigenvalue weighted by molar-refractivity contribution is -0.386. The summed E-state index contributed by atoms with van der Waals surface area (Å²) in [6.45, 7) is 0.683. The van der Waals surface area contributed by atoms with Crippen molar-refractivity contribution in [2.45, 2.75) is 6.54 Å². The largest absolute Gasteiger partial charge is 0.354 e. The average Bonchev–Trinajstić information content (AvgIpc) is 1.85. The van der Waals surface area contributed by atoms with E-state index in [4.69, 9.17) is 23.2 Å². The van der Waals surface area contributed by atoms with Gasteiger partial charge in [0.15, 0.2) is 0 Å². The number of rotatable bonds is 1. The van der Waals surface area contributed by atoms with Gasteiger partial charge in [-0.25, -0.2) is 4.98 Å². The van der Waals surface area contributed by atoms with Crippen LogP contribution in [-0.2, 0) is 6.54 Å². The minimum atomic E-state index is 0.422. The fourth-order valence-corrected chi connectivity index (χ4v) is 1.16. The molecule has 2 nitrogen and oxygen atoms in total. The minimum Gasteiger partial charge on any atom is -0.354 e. The van der Waals surface area contributed by atoms with Crippen molar-refractivity contribution in [3.63, 3.8) is 0 Å². The van der Waals surface area contributed by atoms with Crippen molar-refractivity contribution < 1.29 is 5.73 Å². The third kappa shape index (κ3) is 1.84. The Labute approximate surface area is 69.0 Å². The molecular weight excluding hydrogens is 171 g/mol. The van der Waals surface area contributed by atoms with Gasteiger partial charge in [-0.3, -0.25) is 0 Å². The first-order valence-electron chi connectivity index (χ1n) is 2.83. The highest BCUT2D eigenvalue weighted by molar-refractivity contribution is 6.32. The molecule has 0 saturated heterocycles. The van der Waals surface area contributed by atoms with Gasteiger partial charge in [-0.1, -0.05) is 23.2 Å². The maximum Gasteiger partial charge on any atom is 0.131 e. The van der Waals surface area contributed by atoms with E-state index in [1.54, 1.807) is 12.1 Å². The molecule has 0 aliphatic carbocycles. The van der Waals surface area contributed by atoms with Crippen LogP contribution in [-0.4, -0.2) is 4.98 Å². The van der Waals surface area contributed by atoms with E-state index in [2.05, 4.69) is 10.7 Å². The van der Waals surface area contributed by atoms with Crippen molar-refractivity contribution in [3.8, 4) is 0 Å². The number of nitrogens with zero attached hydrogens (tertiary/aromatic N) is 1. The molecule has 0 fully saturated rings. The van der Waals surface area contributed by atoms with Crippen molar-refractivity contribution in [3.05, 3.63) is 28.0 Å². The zero-order chi connectivity index (χ0) is 7.56. The predicted molar refractivity (Wildman–Crippen MR) is 40.8 cm³/mol. The normalized spacial score (nSPS) is 9.90. The maximum absolute atomic E-state index is 5.61. The summed E-state index contributed by atoms with van der Waals surface area (Å²) in [6.07, 6.45) is 0. The molecule has 4 heteroatoms. The number of aromatic nitrogens is 1. The van der Waals surface area contributed by atoms with Crippen LogP contribution < -0.4 is 5.73 Å². The predicted octanol–water partition coefficient (Wildman–Crippen LogP) is 1.13. The van der Waals surface area contributed by atoms with Gasteiger partial charge in [0.05, 0.1) is 6.54 Å². The van der Waals surface area contributed by atoms with Crippen molar-refractivity contribution in [1.82, 2.24) is 4.98 Å². The summed E-state index contributed by atoms with van der Waals surface area (Å²) in [5.74, 6) is 0. The molecule has 0 aliphatic rings. The molecule has 0 radical (unpaired) electrons. The van der Waals surface area contributed by atoms with Crippen LogP contribution in [0.5, 0.6) is 0 Å². The number of halogens is 2. The fourth-order valence-electron chi connectivity index (χ4n) is 0.659. The number of pyridine rings is 1. The van der Waals surface area contributed by atoms with Crippen molar-refractivity contribution in [2.24, 2.45) is 0 Å². The lowest BCUT2D eigenvalue weighted by Gasteiger charge is -1.94. The summed E-state index contributed by atoms with van der Waals surface area (Å²) in [4.78, 5) is 3.79. The van der Waals surface area contributed by atoms with Crippen LogP contribution in [0.25, 0.3) is 0 Å². The third-order valence-electron chi connectivity index (χ3n) is 1.11. The maximum atomic E-state index is 5.61. The lowest BCUT2D eigenvalue weighted by Crippen LogP contribution is -2.47. The zero-order valence-electron chi connectivity index (χ0n) is 5.27. The highest BCUT2D eigenvalue weighted by atomic mass is 35.5. The molecule has 1 aromatic rings. The van der Waals surface area contributed by atoms with Crippen LogP contribution >= 0.6 is 23.2 Å². The molecule has 0 amide bonds. The topological polar surface area (TPSA) is 40.5 Å². The van der Waals surface area contributed by atoms with Crippen LogP contribution in [0.4, 0.5) is 0 Å². The van der Waals surface area contributed by atoms with Gasteiger partial charge in [-0.2, -0.15) is 0 Å². The van der Waals surface area contributed by atoms with Crippen LogP contribution in [0, 0.1) is 0 Å². The van der Waals surface area contributed by atoms with Gasteiger partial charge in [0.25, 0.3) is 0 Å². The van der Waals surface area contributed by atoms with Gasteiger partial charge in [-0.15, -0.1) is 0 Å². The number of hydrogen-bond acceptors (Lipinski definition) is 1. The molecule has 1 heterocycles. The van der Waals surface area contributed by atoms with Gasteiger partial charge < -0.3 is 5.73 Å². The molecule has 1 rings (SSSR count). The van der Waals surface area contributed by atoms with E-state index in [-0.39, 0.29) is 0 Å². The van der Waals surface area contributed by atoms with E-state index in [0.717, 1.165) is 5.56 Å². The Morgan fingerprint density at radius 2 is 1.80 bits per heavy atom. The Kier molecular flexibility index (Phi) is 2.49. The quantitative estimate of drug-likeness (QED) is 0.643. The summed E-state index contributed by atoms with van der Waals surface area (Å²) in [7, 11) is 0. The average molecular weight is 178 g/mol. The monoisotopic (exact) mass is 177 g/mol. The minimum absolute atomic E-state index is 0.422. The van der Waals surface area contributed by atoms with Gasteiger partial charge in [-0.05, 0) is 12.1 Å². The first-order valence-corrected chi connectivity index (χ1v) is 3.59. The molecule has 0 bridgehead atoms. The second kappa shape index (κ2) is 3.19. The smallest absolute Gasteiger partial charge is 0.131 e. The molecule has 0 spiro atoms. The molecular formula is C6H7Cl2N2+. The summed E-state index contributed by atoms with van der Waals surface area (Å²) in [5.41, 5.74) is 4.70. The zero-order valence-corrected chi connectivity index (χ0v) is 6.78. The van der Waals surface area contributed by atoms with Crippen molar-refractivity contribution in [1.29, 1.82) is 0 Å². The fraction of sp³-hybridized carbons (Fsp3) is 0.167. The number of hydrogen-bond donors (Lipinski definition) is 1. The SMILES string of the molecule is [NH3+]Cc1cc(Cl)nc(Cl)c1. The summed E-state index contributed by atoms with van der Waals surface area (Å²) in [6, 6.07) is 3.50. The molecule has 0 aliphatic heterocycles. The summed E-state index contributed by atoms with van der Waals surface area (Å²) >= 11 is 11.2. The second-order valence-electron chi connectivity index (χ2n) is 1.87. The van der Waals surface area contributed by atoms with Crippen molar-refractivity contribution in [2.75, 3.05) is 0 Å². The number of quaternary nitrogens is 1. The Hall–Kier alpha value is -0.310. The molecule has 0 saturated carbocycles. The molecule has 0 atom stereocenters. The van der Waals surface area contributed by atoms with Crippen LogP contribution in [0.15, 0.2) is 12.1 Å². The highest BCUT2D eigenvalue weighted by Gasteiger charge is 1.97. The Bertz CT molecular complexity index is 217. The summed E-state index contributed by atoms with van der Waals surface area (Å²) in [5, 5.41) is 0.845. The lowest BCUT2D eigenvalue weighted by atomic mass is 10.3. The molecule has 3 N–H and O–H groups in total. The van der Waals surface area contributed by atoms with Gasteiger partial charge >= 0.3 is 0 Å². The van der Waals surface area contributed by atoms with Gasteiger partial charge in [0.1, 0.15) is 10.3 Å². The highest BCUT2D eigenvalue weighted by Crippen LogP contribution is 2.13. The van der Waals surface area contributed by atoms with E-state index < -0.39 is 0 Å². The standard InChI is InChI=1S/C6H6Cl2N2/c7-5-1-4(3-9)2-6(8)10-5/h1-2H,3,9H2/p+1. The van der Waals surface area contributed by atoms with Gasteiger partial charge in [0.2, 0.25) is 0 Å². The van der Waals surface area contributed by atoms with E-state index in [0.29, 0.717) is 16.9 Å². The Morgan fingerprint density at radius 3 is 2.20 bits per heavy atom. The first-order chi connectivity index (χ1) is 4.72. The molecule has 0 unspecified atom stereocenters. The van der Waals surface area contributed by atoms with Gasteiger partial charge in [0, 0.05) is 5.56 Å². The molecule has 10 heavy (non-hydrogen) atoms. The Morgan fingerprint density at radius 1 is 1.30 bits per heavy atom. The summed E-state index contributed by atoms with van der Waals surface area (Å²) < 4.78 is 0. The van der Waals surface area contributed by atoms with Crippen LogP contribution in [0.1, 0.15) is 5.56 Å². The van der Waals surface area contributed by atoms with E-state index in [1.165, 1.54) is 0 Å². The van der Waals surface area contributed by atoms with E-state index in [9.17, 15) is 0 Å². The molecule has 1 aromatic heterocycles. The van der Waals surface area contributed by atoms with Crippen molar-refractivity contribution >= 4 is 23.2 Å². The van der Waals surface area contributed by atoms with E-state index in [1.807, 2.05) is 0 Å².